The molecule has 0 saturated carbocycles. The van der Waals surface area contributed by atoms with Gasteiger partial charge in [-0.3, -0.25) is 9.59 Å². The van der Waals surface area contributed by atoms with Gasteiger partial charge in [-0.2, -0.15) is 0 Å². The Labute approximate surface area is 79.0 Å². The van der Waals surface area contributed by atoms with Crippen LogP contribution >= 0.6 is 0 Å². The first-order valence-corrected chi connectivity index (χ1v) is 4.93. The van der Waals surface area contributed by atoms with Gasteiger partial charge in [-0.1, -0.05) is 26.7 Å². The summed E-state index contributed by atoms with van der Waals surface area (Å²) in [6.45, 7) is 4.15. The Bertz CT molecular complexity index is 236. The third-order valence-electron chi connectivity index (χ3n) is 2.84. The van der Waals surface area contributed by atoms with Crippen molar-refractivity contribution >= 4 is 11.6 Å². The summed E-state index contributed by atoms with van der Waals surface area (Å²) in [6.07, 6.45) is 5.22. The molecular formula is C11H16O2. The summed E-state index contributed by atoms with van der Waals surface area (Å²) in [4.78, 5) is 22.6. The van der Waals surface area contributed by atoms with Crippen molar-refractivity contribution in [3.8, 4) is 0 Å². The lowest BCUT2D eigenvalue weighted by molar-refractivity contribution is -0.126. The lowest BCUT2D eigenvalue weighted by Gasteiger charge is -2.23. The summed E-state index contributed by atoms with van der Waals surface area (Å²) in [5.41, 5.74) is 0. The van der Waals surface area contributed by atoms with Gasteiger partial charge in [0.25, 0.3) is 0 Å². The van der Waals surface area contributed by atoms with Crippen LogP contribution in [0.1, 0.15) is 33.1 Å². The highest BCUT2D eigenvalue weighted by Crippen LogP contribution is 2.26. The van der Waals surface area contributed by atoms with Crippen molar-refractivity contribution in [2.45, 2.75) is 33.1 Å². The average molecular weight is 180 g/mol. The van der Waals surface area contributed by atoms with Crippen LogP contribution in [0.5, 0.6) is 0 Å². The Kier molecular flexibility index (Phi) is 3.40. The van der Waals surface area contributed by atoms with E-state index in [4.69, 9.17) is 0 Å². The molecule has 0 aromatic rings. The molecule has 1 aliphatic rings. The van der Waals surface area contributed by atoms with Crippen molar-refractivity contribution < 1.29 is 9.59 Å². The minimum absolute atomic E-state index is 0.0486. The maximum Gasteiger partial charge on any atom is 0.159 e. The van der Waals surface area contributed by atoms with Crippen LogP contribution in [0.4, 0.5) is 0 Å². The predicted molar refractivity (Wildman–Crippen MR) is 51.3 cm³/mol. The molecule has 0 aliphatic heterocycles. The van der Waals surface area contributed by atoms with E-state index in [-0.39, 0.29) is 17.5 Å². The molecule has 2 heteroatoms. The topological polar surface area (TPSA) is 34.1 Å². The second kappa shape index (κ2) is 4.35. The number of hydrogen-bond donors (Lipinski definition) is 0. The molecule has 0 amide bonds. The predicted octanol–water partition coefficient (Wildman–Crippen LogP) is 2.14. The molecule has 1 atom stereocenters. The fraction of sp³-hybridized carbons (Fsp3) is 0.636. The Morgan fingerprint density at radius 1 is 1.31 bits per heavy atom. The minimum atomic E-state index is -0.0486. The second-order valence-electron chi connectivity index (χ2n) is 3.59. The molecule has 0 N–H and O–H groups in total. The van der Waals surface area contributed by atoms with E-state index < -0.39 is 0 Å². The van der Waals surface area contributed by atoms with E-state index in [9.17, 15) is 9.59 Å². The normalized spacial score (nSPS) is 22.8. The van der Waals surface area contributed by atoms with Crippen LogP contribution in [0.25, 0.3) is 0 Å². The molecule has 0 aromatic heterocycles. The van der Waals surface area contributed by atoms with Gasteiger partial charge in [-0.15, -0.1) is 0 Å². The van der Waals surface area contributed by atoms with E-state index in [0.29, 0.717) is 12.3 Å². The molecule has 0 saturated heterocycles. The average Bonchev–Trinajstić information content (AvgIpc) is 2.13. The van der Waals surface area contributed by atoms with E-state index in [1.807, 2.05) is 0 Å². The van der Waals surface area contributed by atoms with Crippen molar-refractivity contribution in [1.82, 2.24) is 0 Å². The summed E-state index contributed by atoms with van der Waals surface area (Å²) >= 11 is 0. The summed E-state index contributed by atoms with van der Waals surface area (Å²) in [5, 5.41) is 0. The number of allylic oxidation sites excluding steroid dienone is 2. The first-order chi connectivity index (χ1) is 6.19. The zero-order chi connectivity index (χ0) is 9.84. The third kappa shape index (κ3) is 2.27. The Balaban J connectivity index is 2.73. The van der Waals surface area contributed by atoms with Gasteiger partial charge in [0, 0.05) is 12.3 Å². The van der Waals surface area contributed by atoms with Gasteiger partial charge in [-0.25, -0.2) is 0 Å². The maximum atomic E-state index is 11.5. The molecular weight excluding hydrogens is 164 g/mol. The number of ketones is 2. The van der Waals surface area contributed by atoms with Crippen molar-refractivity contribution in [2.75, 3.05) is 0 Å². The number of rotatable bonds is 3. The van der Waals surface area contributed by atoms with Crippen molar-refractivity contribution in [2.24, 2.45) is 11.8 Å². The molecule has 0 heterocycles. The zero-order valence-corrected chi connectivity index (χ0v) is 8.25. The molecule has 0 bridgehead atoms. The van der Waals surface area contributed by atoms with Gasteiger partial charge < -0.3 is 0 Å². The second-order valence-corrected chi connectivity index (χ2v) is 3.59. The van der Waals surface area contributed by atoms with Crippen LogP contribution in [0.3, 0.4) is 0 Å². The Morgan fingerprint density at radius 3 is 2.46 bits per heavy atom. The van der Waals surface area contributed by atoms with Crippen LogP contribution < -0.4 is 0 Å². The van der Waals surface area contributed by atoms with Gasteiger partial charge >= 0.3 is 0 Å². The quantitative estimate of drug-likeness (QED) is 0.666. The lowest BCUT2D eigenvalue weighted by Crippen LogP contribution is -2.27. The SMILES string of the molecule is CCC(CC)C1CC(=O)C=CC1=O. The maximum absolute atomic E-state index is 11.5. The molecule has 13 heavy (non-hydrogen) atoms. The van der Waals surface area contributed by atoms with E-state index >= 15 is 0 Å². The monoisotopic (exact) mass is 180 g/mol. The van der Waals surface area contributed by atoms with Crippen LogP contribution in [-0.2, 0) is 9.59 Å². The van der Waals surface area contributed by atoms with E-state index in [1.165, 1.54) is 12.2 Å². The smallest absolute Gasteiger partial charge is 0.159 e. The van der Waals surface area contributed by atoms with Crippen molar-refractivity contribution in [3.63, 3.8) is 0 Å². The molecule has 1 aliphatic carbocycles. The molecule has 1 rings (SSSR count). The first-order valence-electron chi connectivity index (χ1n) is 4.93. The fourth-order valence-corrected chi connectivity index (χ4v) is 1.94. The summed E-state index contributed by atoms with van der Waals surface area (Å²) < 4.78 is 0. The standard InChI is InChI=1S/C11H16O2/c1-3-8(4-2)10-7-9(12)5-6-11(10)13/h5-6,8,10H,3-4,7H2,1-2H3. The van der Waals surface area contributed by atoms with E-state index in [0.717, 1.165) is 12.8 Å². The zero-order valence-electron chi connectivity index (χ0n) is 8.25. The molecule has 0 radical (unpaired) electrons. The minimum Gasteiger partial charge on any atom is -0.295 e. The van der Waals surface area contributed by atoms with Gasteiger partial charge in [0.15, 0.2) is 11.6 Å². The summed E-state index contributed by atoms with van der Waals surface area (Å²) in [7, 11) is 0. The third-order valence-corrected chi connectivity index (χ3v) is 2.84. The summed E-state index contributed by atoms with van der Waals surface area (Å²) in [5.74, 6) is 0.554. The first kappa shape index (κ1) is 10.2. The highest BCUT2D eigenvalue weighted by Gasteiger charge is 2.28. The van der Waals surface area contributed by atoms with E-state index in [2.05, 4.69) is 13.8 Å². The van der Waals surface area contributed by atoms with Gasteiger partial charge in [0.05, 0.1) is 0 Å². The highest BCUT2D eigenvalue weighted by atomic mass is 16.1. The van der Waals surface area contributed by atoms with Crippen LogP contribution in [0.15, 0.2) is 12.2 Å². The number of carbonyl (C=O) groups excluding carboxylic acids is 2. The molecule has 72 valence electrons. The largest absolute Gasteiger partial charge is 0.295 e. The summed E-state index contributed by atoms with van der Waals surface area (Å²) in [6, 6.07) is 0. The van der Waals surface area contributed by atoms with Crippen molar-refractivity contribution in [1.29, 1.82) is 0 Å². The fourth-order valence-electron chi connectivity index (χ4n) is 1.94. The Hall–Kier alpha value is -0.920. The molecule has 1 unspecified atom stereocenters. The van der Waals surface area contributed by atoms with Gasteiger partial charge in [-0.05, 0) is 18.1 Å². The van der Waals surface area contributed by atoms with Crippen LogP contribution in [0, 0.1) is 11.8 Å². The number of carbonyl (C=O) groups is 2. The molecule has 0 fully saturated rings. The van der Waals surface area contributed by atoms with Gasteiger partial charge in [0.1, 0.15) is 0 Å². The van der Waals surface area contributed by atoms with E-state index in [1.54, 1.807) is 0 Å². The van der Waals surface area contributed by atoms with Gasteiger partial charge in [0.2, 0.25) is 0 Å². The van der Waals surface area contributed by atoms with Crippen LogP contribution in [-0.4, -0.2) is 11.6 Å². The van der Waals surface area contributed by atoms with Crippen LogP contribution in [0.2, 0.25) is 0 Å². The lowest BCUT2D eigenvalue weighted by atomic mass is 9.79. The van der Waals surface area contributed by atoms with Crippen molar-refractivity contribution in [3.05, 3.63) is 12.2 Å². The molecule has 2 nitrogen and oxygen atoms in total. The highest BCUT2D eigenvalue weighted by molar-refractivity contribution is 6.05. The molecule has 0 aromatic carbocycles. The number of hydrogen-bond acceptors (Lipinski definition) is 2. The molecule has 0 spiro atoms. The Morgan fingerprint density at radius 2 is 1.92 bits per heavy atom.